The molecule has 0 amide bonds. The molecule has 4 rings (SSSR count). The second kappa shape index (κ2) is 8.37. The lowest BCUT2D eigenvalue weighted by Gasteiger charge is -2.18. The number of fused-ring (bicyclic) bond motifs is 1. The van der Waals surface area contributed by atoms with Gasteiger partial charge in [-0.2, -0.15) is 0 Å². The van der Waals surface area contributed by atoms with Crippen LogP contribution in [0.15, 0.2) is 60.7 Å². The standard InChI is InChI=1S/C26H23ClO3/c1-16-6-8-17(9-7-16)25-21-12-10-19(26(29)30-2)14-18(21)4-3-5-23(25)22-13-11-20(27)15-24(22)28/h6-15,28H,3-5H2,1-2H3. The van der Waals surface area contributed by atoms with E-state index in [0.717, 1.165) is 52.7 Å². The van der Waals surface area contributed by atoms with Crippen molar-refractivity contribution in [2.45, 2.75) is 26.2 Å². The Balaban J connectivity index is 1.99. The maximum absolute atomic E-state index is 12.1. The minimum atomic E-state index is -0.335. The van der Waals surface area contributed by atoms with Crippen LogP contribution >= 0.6 is 11.6 Å². The van der Waals surface area contributed by atoms with Gasteiger partial charge in [0.15, 0.2) is 0 Å². The van der Waals surface area contributed by atoms with Crippen molar-refractivity contribution in [2.24, 2.45) is 0 Å². The van der Waals surface area contributed by atoms with Crippen molar-refractivity contribution < 1.29 is 14.6 Å². The lowest BCUT2D eigenvalue weighted by Crippen LogP contribution is -2.04. The van der Waals surface area contributed by atoms with Crippen LogP contribution in [-0.2, 0) is 11.2 Å². The van der Waals surface area contributed by atoms with Crippen LogP contribution in [0.5, 0.6) is 5.75 Å². The molecule has 4 heteroatoms. The van der Waals surface area contributed by atoms with Gasteiger partial charge in [-0.3, -0.25) is 0 Å². The fourth-order valence-electron chi connectivity index (χ4n) is 4.11. The molecular weight excluding hydrogens is 396 g/mol. The molecule has 1 aliphatic rings. The topological polar surface area (TPSA) is 46.5 Å². The summed E-state index contributed by atoms with van der Waals surface area (Å²) in [6.45, 7) is 2.06. The van der Waals surface area contributed by atoms with E-state index in [9.17, 15) is 9.90 Å². The molecule has 0 heterocycles. The summed E-state index contributed by atoms with van der Waals surface area (Å²) < 4.78 is 4.90. The van der Waals surface area contributed by atoms with Crippen molar-refractivity contribution in [1.29, 1.82) is 0 Å². The van der Waals surface area contributed by atoms with Gasteiger partial charge in [0.05, 0.1) is 12.7 Å². The van der Waals surface area contributed by atoms with Gasteiger partial charge in [-0.15, -0.1) is 0 Å². The van der Waals surface area contributed by atoms with Crippen molar-refractivity contribution in [2.75, 3.05) is 7.11 Å². The van der Waals surface area contributed by atoms with Crippen molar-refractivity contribution in [1.82, 2.24) is 0 Å². The van der Waals surface area contributed by atoms with E-state index in [-0.39, 0.29) is 11.7 Å². The lowest BCUT2D eigenvalue weighted by molar-refractivity contribution is 0.0600. The quantitative estimate of drug-likeness (QED) is 0.498. The zero-order valence-corrected chi connectivity index (χ0v) is 17.8. The Morgan fingerprint density at radius 2 is 1.70 bits per heavy atom. The minimum absolute atomic E-state index is 0.178. The molecule has 3 aromatic rings. The number of hydrogen-bond donors (Lipinski definition) is 1. The fraction of sp³-hybridized carbons (Fsp3) is 0.192. The summed E-state index contributed by atoms with van der Waals surface area (Å²) in [5.74, 6) is -0.157. The molecule has 0 spiro atoms. The van der Waals surface area contributed by atoms with Gasteiger partial charge in [0, 0.05) is 10.6 Å². The molecule has 3 aromatic carbocycles. The average molecular weight is 419 g/mol. The third-order valence-corrected chi connectivity index (χ3v) is 5.83. The van der Waals surface area contributed by atoms with Gasteiger partial charge in [0.1, 0.15) is 5.75 Å². The molecule has 0 fully saturated rings. The van der Waals surface area contributed by atoms with Crippen LogP contribution < -0.4 is 0 Å². The summed E-state index contributed by atoms with van der Waals surface area (Å²) in [6, 6.07) is 19.4. The highest BCUT2D eigenvalue weighted by Crippen LogP contribution is 2.42. The molecule has 0 bridgehead atoms. The van der Waals surface area contributed by atoms with E-state index in [1.807, 2.05) is 30.3 Å². The molecule has 0 atom stereocenters. The summed E-state index contributed by atoms with van der Waals surface area (Å²) in [4.78, 5) is 12.1. The zero-order chi connectivity index (χ0) is 21.3. The number of carbonyl (C=O) groups excluding carboxylic acids is 1. The Labute approximate surface area is 181 Å². The number of hydrogen-bond acceptors (Lipinski definition) is 3. The number of benzene rings is 3. The smallest absolute Gasteiger partial charge is 0.337 e. The molecule has 1 N–H and O–H groups in total. The number of esters is 1. The summed E-state index contributed by atoms with van der Waals surface area (Å²) >= 11 is 6.08. The van der Waals surface area contributed by atoms with E-state index in [0.29, 0.717) is 10.6 Å². The molecular formula is C26H23ClO3. The third-order valence-electron chi connectivity index (χ3n) is 5.60. The Hall–Kier alpha value is -3.04. The largest absolute Gasteiger partial charge is 0.507 e. The number of phenolic OH excluding ortho intramolecular Hbond substituents is 1. The van der Waals surface area contributed by atoms with Crippen LogP contribution in [0.25, 0.3) is 11.1 Å². The van der Waals surface area contributed by atoms with Crippen LogP contribution in [0.4, 0.5) is 0 Å². The monoisotopic (exact) mass is 418 g/mol. The predicted molar refractivity (Wildman–Crippen MR) is 121 cm³/mol. The van der Waals surface area contributed by atoms with E-state index in [2.05, 4.69) is 31.2 Å². The molecule has 0 unspecified atom stereocenters. The molecule has 0 saturated heterocycles. The summed E-state index contributed by atoms with van der Waals surface area (Å²) in [5.41, 5.74) is 7.96. The van der Waals surface area contributed by atoms with Gasteiger partial charge in [0.25, 0.3) is 0 Å². The van der Waals surface area contributed by atoms with E-state index in [1.165, 1.54) is 12.7 Å². The highest BCUT2D eigenvalue weighted by Gasteiger charge is 2.23. The van der Waals surface area contributed by atoms with Crippen molar-refractivity contribution in [3.05, 3.63) is 99.1 Å². The first kappa shape index (κ1) is 20.2. The minimum Gasteiger partial charge on any atom is -0.507 e. The first-order valence-electron chi connectivity index (χ1n) is 9.98. The Morgan fingerprint density at radius 3 is 2.40 bits per heavy atom. The van der Waals surface area contributed by atoms with Gasteiger partial charge in [0.2, 0.25) is 0 Å². The van der Waals surface area contributed by atoms with Gasteiger partial charge < -0.3 is 9.84 Å². The molecule has 0 aliphatic heterocycles. The second-order valence-electron chi connectivity index (χ2n) is 7.60. The first-order chi connectivity index (χ1) is 14.5. The summed E-state index contributed by atoms with van der Waals surface area (Å²) in [5, 5.41) is 11.2. The van der Waals surface area contributed by atoms with E-state index >= 15 is 0 Å². The van der Waals surface area contributed by atoms with Gasteiger partial charge >= 0.3 is 5.97 Å². The Bertz CT molecular complexity index is 1140. The van der Waals surface area contributed by atoms with Crippen LogP contribution in [0.1, 0.15) is 51.0 Å². The van der Waals surface area contributed by atoms with Gasteiger partial charge in [-0.1, -0.05) is 47.5 Å². The number of carbonyl (C=O) groups is 1. The number of ether oxygens (including phenoxy) is 1. The number of allylic oxidation sites excluding steroid dienone is 1. The summed E-state index contributed by atoms with van der Waals surface area (Å²) in [7, 11) is 1.40. The lowest BCUT2D eigenvalue weighted by atomic mass is 9.87. The molecule has 3 nitrogen and oxygen atoms in total. The number of aryl methyl sites for hydroxylation is 2. The van der Waals surface area contributed by atoms with Crippen LogP contribution in [0.2, 0.25) is 5.02 Å². The maximum atomic E-state index is 12.1. The Kier molecular flexibility index (Phi) is 5.65. The molecule has 0 radical (unpaired) electrons. The van der Waals surface area contributed by atoms with E-state index in [4.69, 9.17) is 16.3 Å². The third kappa shape index (κ3) is 3.86. The average Bonchev–Trinajstić information content (AvgIpc) is 2.93. The van der Waals surface area contributed by atoms with Crippen molar-refractivity contribution >= 4 is 28.7 Å². The molecule has 1 aliphatic carbocycles. The number of phenols is 1. The Morgan fingerprint density at radius 1 is 0.967 bits per heavy atom. The molecule has 30 heavy (non-hydrogen) atoms. The number of methoxy groups -OCH3 is 1. The number of aromatic hydroxyl groups is 1. The highest BCUT2D eigenvalue weighted by atomic mass is 35.5. The van der Waals surface area contributed by atoms with Gasteiger partial charge in [-0.25, -0.2) is 4.79 Å². The van der Waals surface area contributed by atoms with Crippen LogP contribution in [-0.4, -0.2) is 18.2 Å². The number of rotatable bonds is 3. The molecule has 0 aromatic heterocycles. The van der Waals surface area contributed by atoms with Crippen molar-refractivity contribution in [3.8, 4) is 5.75 Å². The van der Waals surface area contributed by atoms with E-state index < -0.39 is 0 Å². The molecule has 152 valence electrons. The normalized spacial score (nSPS) is 13.6. The van der Waals surface area contributed by atoms with Crippen LogP contribution in [0.3, 0.4) is 0 Å². The highest BCUT2D eigenvalue weighted by molar-refractivity contribution is 6.30. The molecule has 0 saturated carbocycles. The van der Waals surface area contributed by atoms with Crippen LogP contribution in [0, 0.1) is 6.92 Å². The zero-order valence-electron chi connectivity index (χ0n) is 17.0. The number of halogens is 1. The fourth-order valence-corrected chi connectivity index (χ4v) is 4.28. The maximum Gasteiger partial charge on any atom is 0.337 e. The SMILES string of the molecule is COC(=O)c1ccc2c(c1)CCCC(c1ccc(Cl)cc1O)=C2c1ccc(C)cc1. The first-order valence-corrected chi connectivity index (χ1v) is 10.4. The predicted octanol–water partition coefficient (Wildman–Crippen LogP) is 6.44. The van der Waals surface area contributed by atoms with Crippen molar-refractivity contribution in [3.63, 3.8) is 0 Å². The van der Waals surface area contributed by atoms with E-state index in [1.54, 1.807) is 6.07 Å². The second-order valence-corrected chi connectivity index (χ2v) is 8.03. The van der Waals surface area contributed by atoms with Gasteiger partial charge in [-0.05, 0) is 84.4 Å². The summed E-state index contributed by atoms with van der Waals surface area (Å²) in [6.07, 6.45) is 2.55.